The molecule has 6 heteroatoms. The van der Waals surface area contributed by atoms with Crippen LogP contribution in [0.15, 0.2) is 29.5 Å². The predicted octanol–water partition coefficient (Wildman–Crippen LogP) is 3.43. The van der Waals surface area contributed by atoms with E-state index in [1.165, 1.54) is 0 Å². The number of carbonyl (C=O) groups is 2. The third kappa shape index (κ3) is 3.39. The Kier molecular flexibility index (Phi) is 4.91. The first-order chi connectivity index (χ1) is 9.93. The lowest BCUT2D eigenvalue weighted by Gasteiger charge is -2.27. The second-order valence-corrected chi connectivity index (χ2v) is 5.57. The number of carbonyl (C=O) groups excluding carboxylic acids is 2. The van der Waals surface area contributed by atoms with Gasteiger partial charge in [-0.2, -0.15) is 0 Å². The van der Waals surface area contributed by atoms with Crippen molar-refractivity contribution in [1.82, 2.24) is 5.32 Å². The Morgan fingerprint density at radius 1 is 1.43 bits per heavy atom. The molecule has 2 rings (SSSR count). The number of nitrogens with one attached hydrogen (secondary N) is 1. The second-order valence-electron chi connectivity index (χ2n) is 4.73. The Morgan fingerprint density at radius 2 is 2.14 bits per heavy atom. The molecule has 1 unspecified atom stereocenters. The molecule has 0 fully saturated rings. The third-order valence-electron chi connectivity index (χ3n) is 3.30. The maximum atomic E-state index is 12.2. The van der Waals surface area contributed by atoms with Crippen molar-refractivity contribution in [2.24, 2.45) is 0 Å². The molecule has 0 aromatic heterocycles. The van der Waals surface area contributed by atoms with Crippen LogP contribution in [0.1, 0.15) is 31.7 Å². The van der Waals surface area contributed by atoms with Gasteiger partial charge in [0, 0.05) is 28.1 Å². The summed E-state index contributed by atoms with van der Waals surface area (Å²) in [6, 6.07) is 5.02. The molecule has 21 heavy (non-hydrogen) atoms. The number of hydrogen-bond acceptors (Lipinski definition) is 3. The van der Waals surface area contributed by atoms with E-state index < -0.39 is 11.9 Å². The Morgan fingerprint density at radius 3 is 2.76 bits per heavy atom. The maximum absolute atomic E-state index is 12.2. The van der Waals surface area contributed by atoms with Crippen LogP contribution in [0.4, 0.5) is 0 Å². The van der Waals surface area contributed by atoms with Crippen molar-refractivity contribution in [3.8, 4) is 0 Å². The van der Waals surface area contributed by atoms with Crippen LogP contribution >= 0.6 is 23.2 Å². The van der Waals surface area contributed by atoms with Crippen LogP contribution in [0.2, 0.25) is 10.0 Å². The molecule has 0 aliphatic carbocycles. The molecule has 0 spiro atoms. The van der Waals surface area contributed by atoms with Crippen LogP contribution in [0, 0.1) is 0 Å². The van der Waals surface area contributed by atoms with Gasteiger partial charge in [0.05, 0.1) is 12.2 Å². The van der Waals surface area contributed by atoms with Crippen molar-refractivity contribution in [2.75, 3.05) is 6.61 Å². The van der Waals surface area contributed by atoms with E-state index in [2.05, 4.69) is 5.32 Å². The van der Waals surface area contributed by atoms with Crippen molar-refractivity contribution in [3.63, 3.8) is 0 Å². The highest BCUT2D eigenvalue weighted by Crippen LogP contribution is 2.37. The lowest BCUT2D eigenvalue weighted by atomic mass is 9.84. The first-order valence-corrected chi connectivity index (χ1v) is 7.32. The molecule has 1 aromatic rings. The van der Waals surface area contributed by atoms with Crippen molar-refractivity contribution in [3.05, 3.63) is 45.1 Å². The average Bonchev–Trinajstić information content (AvgIpc) is 2.37. The monoisotopic (exact) mass is 327 g/mol. The number of amides is 1. The van der Waals surface area contributed by atoms with Crippen LogP contribution in [0.25, 0.3) is 0 Å². The number of allylic oxidation sites excluding steroid dienone is 1. The van der Waals surface area contributed by atoms with Crippen LogP contribution < -0.4 is 5.32 Å². The number of ether oxygens (including phenoxy) is 1. The highest BCUT2D eigenvalue weighted by atomic mass is 35.5. The Hall–Kier alpha value is -1.52. The van der Waals surface area contributed by atoms with Gasteiger partial charge in [-0.15, -0.1) is 0 Å². The van der Waals surface area contributed by atoms with E-state index in [0.717, 1.165) is 0 Å². The van der Waals surface area contributed by atoms with Gasteiger partial charge in [-0.05, 0) is 31.5 Å². The number of hydrogen-bond donors (Lipinski definition) is 1. The average molecular weight is 328 g/mol. The standard InChI is InChI=1S/C15H15Cl2NO3/c1-3-21-15(20)14-8(2)18-13(19)7-11(14)10-5-4-9(16)6-12(10)17/h4-6,11H,3,7H2,1-2H3,(H,18,19). The molecule has 0 saturated carbocycles. The summed E-state index contributed by atoms with van der Waals surface area (Å²) in [6.07, 6.45) is 0.146. The summed E-state index contributed by atoms with van der Waals surface area (Å²) < 4.78 is 5.09. The summed E-state index contributed by atoms with van der Waals surface area (Å²) in [4.78, 5) is 24.0. The molecule has 1 aliphatic rings. The van der Waals surface area contributed by atoms with E-state index in [9.17, 15) is 9.59 Å². The van der Waals surface area contributed by atoms with Gasteiger partial charge in [-0.3, -0.25) is 4.79 Å². The highest BCUT2D eigenvalue weighted by Gasteiger charge is 2.33. The van der Waals surface area contributed by atoms with Gasteiger partial charge in [0.2, 0.25) is 5.91 Å². The smallest absolute Gasteiger partial charge is 0.336 e. The molecule has 1 atom stereocenters. The first-order valence-electron chi connectivity index (χ1n) is 6.56. The molecule has 1 amide bonds. The zero-order chi connectivity index (χ0) is 15.6. The molecular weight excluding hydrogens is 313 g/mol. The fourth-order valence-electron chi connectivity index (χ4n) is 2.43. The topological polar surface area (TPSA) is 55.4 Å². The lowest BCUT2D eigenvalue weighted by Crippen LogP contribution is -2.34. The fourth-order valence-corrected chi connectivity index (χ4v) is 2.97. The molecule has 0 radical (unpaired) electrons. The van der Waals surface area contributed by atoms with Gasteiger partial charge >= 0.3 is 5.97 Å². The summed E-state index contributed by atoms with van der Waals surface area (Å²) in [5.74, 6) is -1.02. The summed E-state index contributed by atoms with van der Waals surface area (Å²) >= 11 is 12.1. The van der Waals surface area contributed by atoms with Crippen molar-refractivity contribution >= 4 is 35.1 Å². The van der Waals surface area contributed by atoms with E-state index in [-0.39, 0.29) is 18.9 Å². The SMILES string of the molecule is CCOC(=O)C1=C(C)NC(=O)CC1c1ccc(Cl)cc1Cl. The van der Waals surface area contributed by atoms with Crippen molar-refractivity contribution in [1.29, 1.82) is 0 Å². The zero-order valence-electron chi connectivity index (χ0n) is 11.7. The summed E-state index contributed by atoms with van der Waals surface area (Å²) in [6.45, 7) is 3.68. The Balaban J connectivity index is 2.49. The number of halogens is 2. The summed E-state index contributed by atoms with van der Waals surface area (Å²) in [5, 5.41) is 3.60. The van der Waals surface area contributed by atoms with Crippen LogP contribution in [0.3, 0.4) is 0 Å². The van der Waals surface area contributed by atoms with Gasteiger partial charge in [0.15, 0.2) is 0 Å². The number of rotatable bonds is 3. The highest BCUT2D eigenvalue weighted by molar-refractivity contribution is 6.35. The molecule has 112 valence electrons. The molecule has 1 heterocycles. The van der Waals surface area contributed by atoms with Gasteiger partial charge in [0.25, 0.3) is 0 Å². The maximum Gasteiger partial charge on any atom is 0.336 e. The normalized spacial score (nSPS) is 18.5. The van der Waals surface area contributed by atoms with Crippen LogP contribution in [-0.2, 0) is 14.3 Å². The molecule has 0 saturated heterocycles. The first kappa shape index (κ1) is 15.9. The van der Waals surface area contributed by atoms with E-state index in [1.54, 1.807) is 32.0 Å². The zero-order valence-corrected chi connectivity index (χ0v) is 13.2. The van der Waals surface area contributed by atoms with Gasteiger partial charge < -0.3 is 10.1 Å². The minimum Gasteiger partial charge on any atom is -0.463 e. The molecule has 1 N–H and O–H groups in total. The Labute approximate surface area is 133 Å². The van der Waals surface area contributed by atoms with E-state index in [4.69, 9.17) is 27.9 Å². The third-order valence-corrected chi connectivity index (χ3v) is 3.86. The van der Waals surface area contributed by atoms with Crippen molar-refractivity contribution < 1.29 is 14.3 Å². The summed E-state index contributed by atoms with van der Waals surface area (Å²) in [7, 11) is 0. The Bertz CT molecular complexity index is 625. The van der Waals surface area contributed by atoms with Crippen molar-refractivity contribution in [2.45, 2.75) is 26.2 Å². The summed E-state index contributed by atoms with van der Waals surface area (Å²) in [5.41, 5.74) is 1.62. The fraction of sp³-hybridized carbons (Fsp3) is 0.333. The number of esters is 1. The minimum absolute atomic E-state index is 0.146. The van der Waals surface area contributed by atoms with E-state index in [0.29, 0.717) is 26.9 Å². The lowest BCUT2D eigenvalue weighted by molar-refractivity contribution is -0.139. The van der Waals surface area contributed by atoms with Crippen LogP contribution in [-0.4, -0.2) is 18.5 Å². The molecule has 4 nitrogen and oxygen atoms in total. The van der Waals surface area contributed by atoms with Gasteiger partial charge in [-0.25, -0.2) is 4.79 Å². The molecule has 1 aromatic carbocycles. The number of benzene rings is 1. The van der Waals surface area contributed by atoms with E-state index >= 15 is 0 Å². The van der Waals surface area contributed by atoms with Gasteiger partial charge in [0.1, 0.15) is 0 Å². The second kappa shape index (κ2) is 6.50. The quantitative estimate of drug-likeness (QED) is 0.865. The molecule has 0 bridgehead atoms. The van der Waals surface area contributed by atoms with E-state index in [1.807, 2.05) is 0 Å². The van der Waals surface area contributed by atoms with Crippen LogP contribution in [0.5, 0.6) is 0 Å². The minimum atomic E-state index is -0.439. The van der Waals surface area contributed by atoms with Gasteiger partial charge in [-0.1, -0.05) is 29.3 Å². The molecular formula is C15H15Cl2NO3. The predicted molar refractivity (Wildman–Crippen MR) is 81.3 cm³/mol. The largest absolute Gasteiger partial charge is 0.463 e. The molecule has 1 aliphatic heterocycles.